The highest BCUT2D eigenvalue weighted by molar-refractivity contribution is 9.10. The maximum atomic E-state index is 11.2. The van der Waals surface area contributed by atoms with Crippen LogP contribution in [0.1, 0.15) is 28.7 Å². The average molecular weight is 327 g/mol. The van der Waals surface area contributed by atoms with E-state index in [1.807, 2.05) is 19.1 Å². The molecule has 0 aliphatic rings. The van der Waals surface area contributed by atoms with E-state index in [4.69, 9.17) is 5.11 Å². The summed E-state index contributed by atoms with van der Waals surface area (Å²) in [4.78, 5) is 20.1. The first kappa shape index (κ1) is 13.2. The largest absolute Gasteiger partial charge is 0.477 e. The third kappa shape index (κ3) is 2.59. The van der Waals surface area contributed by atoms with Gasteiger partial charge in [0.25, 0.3) is 0 Å². The fraction of sp³-hybridized carbons (Fsp3) is 0.250. The smallest absolute Gasteiger partial charge is 0.347 e. The molecule has 0 fully saturated rings. The van der Waals surface area contributed by atoms with Gasteiger partial charge < -0.3 is 5.11 Å². The molecule has 0 amide bonds. The quantitative estimate of drug-likeness (QED) is 0.932. The van der Waals surface area contributed by atoms with Crippen LogP contribution < -0.4 is 0 Å². The highest BCUT2D eigenvalue weighted by Gasteiger charge is 2.19. The minimum Gasteiger partial charge on any atom is -0.477 e. The molecule has 0 bridgehead atoms. The van der Waals surface area contributed by atoms with Crippen molar-refractivity contribution < 1.29 is 9.90 Å². The Morgan fingerprint density at radius 1 is 1.56 bits per heavy atom. The summed E-state index contributed by atoms with van der Waals surface area (Å²) in [6.07, 6.45) is 3.21. The molecule has 0 aliphatic heterocycles. The van der Waals surface area contributed by atoms with Crippen LogP contribution in [-0.4, -0.2) is 21.0 Å². The summed E-state index contributed by atoms with van der Waals surface area (Å²) in [6, 6.07) is 3.68. The van der Waals surface area contributed by atoms with Gasteiger partial charge in [0, 0.05) is 10.7 Å². The number of rotatable bonds is 4. The van der Waals surface area contributed by atoms with Crippen LogP contribution in [0.4, 0.5) is 0 Å². The molecule has 1 N–H and O–H groups in total. The molecule has 0 radical (unpaired) electrons. The Balaban J connectivity index is 2.50. The Kier molecular flexibility index (Phi) is 4.08. The molecule has 0 saturated heterocycles. The topological polar surface area (TPSA) is 63.1 Å². The van der Waals surface area contributed by atoms with E-state index >= 15 is 0 Å². The summed E-state index contributed by atoms with van der Waals surface area (Å²) >= 11 is 4.57. The van der Waals surface area contributed by atoms with Crippen LogP contribution in [0.3, 0.4) is 0 Å². The zero-order chi connectivity index (χ0) is 13.1. The standard InChI is InChI=1S/C12H11BrN2O2S/c1-2-4-8-10(12(16)17)18-11(15-8)9-7(13)5-3-6-14-9/h3,5-6H,2,4H2,1H3,(H,16,17). The van der Waals surface area contributed by atoms with Gasteiger partial charge >= 0.3 is 5.97 Å². The second-order valence-electron chi connectivity index (χ2n) is 3.68. The molecule has 4 nitrogen and oxygen atoms in total. The second kappa shape index (κ2) is 5.58. The number of carboxylic acid groups (broad SMARTS) is 1. The number of aromatic nitrogens is 2. The third-order valence-electron chi connectivity index (χ3n) is 2.34. The monoisotopic (exact) mass is 326 g/mol. The molecule has 0 aliphatic carbocycles. The predicted molar refractivity (Wildman–Crippen MR) is 74.0 cm³/mol. The Morgan fingerprint density at radius 3 is 2.94 bits per heavy atom. The molecule has 6 heteroatoms. The fourth-order valence-corrected chi connectivity index (χ4v) is 3.10. The summed E-state index contributed by atoms with van der Waals surface area (Å²) in [6.45, 7) is 2.00. The van der Waals surface area contributed by atoms with Crippen LogP contribution in [0.25, 0.3) is 10.7 Å². The third-order valence-corrected chi connectivity index (χ3v) is 4.07. The number of hydrogen-bond acceptors (Lipinski definition) is 4. The Hall–Kier alpha value is -1.27. The van der Waals surface area contributed by atoms with Crippen LogP contribution in [0.15, 0.2) is 22.8 Å². The van der Waals surface area contributed by atoms with Crippen LogP contribution in [0, 0.1) is 0 Å². The Labute approximate surface area is 117 Å². The molecule has 94 valence electrons. The molecule has 2 rings (SSSR count). The highest BCUT2D eigenvalue weighted by atomic mass is 79.9. The summed E-state index contributed by atoms with van der Waals surface area (Å²) < 4.78 is 0.818. The van der Waals surface area contributed by atoms with E-state index in [0.29, 0.717) is 27.7 Å². The van der Waals surface area contributed by atoms with Gasteiger partial charge in [0.05, 0.1) is 5.69 Å². The molecule has 2 aromatic heterocycles. The van der Waals surface area contributed by atoms with E-state index in [0.717, 1.165) is 10.9 Å². The van der Waals surface area contributed by atoms with Crippen molar-refractivity contribution in [3.63, 3.8) is 0 Å². The van der Waals surface area contributed by atoms with Gasteiger partial charge in [0.2, 0.25) is 0 Å². The van der Waals surface area contributed by atoms with E-state index in [-0.39, 0.29) is 0 Å². The van der Waals surface area contributed by atoms with E-state index in [9.17, 15) is 4.79 Å². The van der Waals surface area contributed by atoms with Gasteiger partial charge in [-0.3, -0.25) is 4.98 Å². The van der Waals surface area contributed by atoms with Gasteiger partial charge in [-0.1, -0.05) is 13.3 Å². The lowest BCUT2D eigenvalue weighted by Gasteiger charge is -1.97. The number of carboxylic acids is 1. The van der Waals surface area contributed by atoms with Gasteiger partial charge in [0.1, 0.15) is 15.6 Å². The van der Waals surface area contributed by atoms with E-state index in [2.05, 4.69) is 25.9 Å². The van der Waals surface area contributed by atoms with Gasteiger partial charge in [-0.15, -0.1) is 11.3 Å². The minimum absolute atomic E-state index is 0.310. The molecule has 0 aromatic carbocycles. The van der Waals surface area contributed by atoms with Gasteiger partial charge in [-0.05, 0) is 34.5 Å². The Morgan fingerprint density at radius 2 is 2.33 bits per heavy atom. The number of halogens is 1. The first-order valence-corrected chi connectivity index (χ1v) is 7.08. The summed E-state index contributed by atoms with van der Waals surface area (Å²) in [7, 11) is 0. The van der Waals surface area contributed by atoms with Crippen molar-refractivity contribution in [2.24, 2.45) is 0 Å². The van der Waals surface area contributed by atoms with Crippen molar-refractivity contribution in [3.05, 3.63) is 33.4 Å². The molecular formula is C12H11BrN2O2S. The lowest BCUT2D eigenvalue weighted by atomic mass is 10.2. The maximum Gasteiger partial charge on any atom is 0.347 e. The van der Waals surface area contributed by atoms with Gasteiger partial charge in [-0.2, -0.15) is 0 Å². The van der Waals surface area contributed by atoms with Gasteiger partial charge in [0.15, 0.2) is 0 Å². The van der Waals surface area contributed by atoms with Crippen molar-refractivity contribution in [1.29, 1.82) is 0 Å². The number of hydrogen-bond donors (Lipinski definition) is 1. The van der Waals surface area contributed by atoms with Crippen molar-refractivity contribution in [2.45, 2.75) is 19.8 Å². The number of aryl methyl sites for hydroxylation is 1. The number of pyridine rings is 1. The normalized spacial score (nSPS) is 10.6. The van der Waals surface area contributed by atoms with Crippen molar-refractivity contribution in [2.75, 3.05) is 0 Å². The first-order chi connectivity index (χ1) is 8.63. The number of aromatic carboxylic acids is 1. The SMILES string of the molecule is CCCc1nc(-c2ncccc2Br)sc1C(=O)O. The molecule has 0 atom stereocenters. The van der Waals surface area contributed by atoms with Crippen LogP contribution in [0.5, 0.6) is 0 Å². The molecule has 0 saturated carbocycles. The lowest BCUT2D eigenvalue weighted by molar-refractivity contribution is 0.0700. The van der Waals surface area contributed by atoms with Crippen molar-refractivity contribution >= 4 is 33.2 Å². The van der Waals surface area contributed by atoms with E-state index < -0.39 is 5.97 Å². The van der Waals surface area contributed by atoms with Crippen molar-refractivity contribution in [3.8, 4) is 10.7 Å². The molecule has 0 spiro atoms. The second-order valence-corrected chi connectivity index (χ2v) is 5.54. The number of carbonyl (C=O) groups is 1. The van der Waals surface area contributed by atoms with Crippen LogP contribution >= 0.6 is 27.3 Å². The number of nitrogens with zero attached hydrogens (tertiary/aromatic N) is 2. The summed E-state index contributed by atoms with van der Waals surface area (Å²) in [5.41, 5.74) is 1.33. The zero-order valence-corrected chi connectivity index (χ0v) is 12.1. The van der Waals surface area contributed by atoms with Crippen LogP contribution in [-0.2, 0) is 6.42 Å². The predicted octanol–water partition coefficient (Wildman–Crippen LogP) is 3.62. The Bertz CT molecular complexity index is 583. The lowest BCUT2D eigenvalue weighted by Crippen LogP contribution is -1.98. The number of thiazole rings is 1. The van der Waals surface area contributed by atoms with E-state index in [1.54, 1.807) is 6.20 Å². The molecule has 2 aromatic rings. The van der Waals surface area contributed by atoms with E-state index in [1.165, 1.54) is 11.3 Å². The van der Waals surface area contributed by atoms with Gasteiger partial charge in [-0.25, -0.2) is 9.78 Å². The van der Waals surface area contributed by atoms with Crippen LogP contribution in [0.2, 0.25) is 0 Å². The maximum absolute atomic E-state index is 11.2. The van der Waals surface area contributed by atoms with Crippen molar-refractivity contribution in [1.82, 2.24) is 9.97 Å². The molecule has 2 heterocycles. The fourth-order valence-electron chi connectivity index (χ4n) is 1.57. The summed E-state index contributed by atoms with van der Waals surface area (Å²) in [5.74, 6) is -0.922. The molecule has 0 unspecified atom stereocenters. The average Bonchev–Trinajstić information content (AvgIpc) is 2.74. The molecular weight excluding hydrogens is 316 g/mol. The highest BCUT2D eigenvalue weighted by Crippen LogP contribution is 2.31. The minimum atomic E-state index is -0.922. The molecule has 18 heavy (non-hydrogen) atoms. The summed E-state index contributed by atoms with van der Waals surface area (Å²) in [5, 5.41) is 9.80. The zero-order valence-electron chi connectivity index (χ0n) is 9.68. The first-order valence-electron chi connectivity index (χ1n) is 5.47.